The van der Waals surface area contributed by atoms with Crippen LogP contribution in [0.15, 0.2) is 12.3 Å². The van der Waals surface area contributed by atoms with E-state index in [4.69, 9.17) is 4.74 Å². The number of hydrogen-bond donors (Lipinski definition) is 0. The highest BCUT2D eigenvalue weighted by Gasteiger charge is 2.17. The molecule has 1 aliphatic rings. The van der Waals surface area contributed by atoms with Crippen LogP contribution in [0.1, 0.15) is 13.3 Å². The van der Waals surface area contributed by atoms with Gasteiger partial charge in [0.15, 0.2) is 5.78 Å². The van der Waals surface area contributed by atoms with Crippen LogP contribution in [-0.4, -0.2) is 24.5 Å². The zero-order valence-electron chi connectivity index (χ0n) is 6.78. The molecule has 0 amide bonds. The highest BCUT2D eigenvalue weighted by molar-refractivity contribution is 5.90. The van der Waals surface area contributed by atoms with Crippen molar-refractivity contribution in [3.8, 4) is 0 Å². The Bertz CT molecular complexity index is 219. The average Bonchev–Trinajstić information content (AvgIpc) is 2.01. The lowest BCUT2D eigenvalue weighted by Gasteiger charge is -2.17. The molecule has 0 aromatic rings. The fraction of sp³-hybridized carbons (Fsp3) is 0.500. The van der Waals surface area contributed by atoms with Crippen molar-refractivity contribution in [1.29, 1.82) is 0 Å². The molecule has 0 saturated heterocycles. The van der Waals surface area contributed by atoms with Crippen LogP contribution in [-0.2, 0) is 19.1 Å². The fourth-order valence-corrected chi connectivity index (χ4v) is 0.875. The Labute approximate surface area is 70.1 Å². The molecule has 0 radical (unpaired) electrons. The van der Waals surface area contributed by atoms with Crippen molar-refractivity contribution in [3.63, 3.8) is 0 Å². The molecule has 0 aromatic heterocycles. The molecule has 0 saturated carbocycles. The number of carbonyl (C=O) groups excluding carboxylic acids is 2. The molecule has 0 fully saturated rings. The van der Waals surface area contributed by atoms with E-state index in [-0.39, 0.29) is 30.9 Å². The van der Waals surface area contributed by atoms with Gasteiger partial charge in [0.05, 0.1) is 12.7 Å². The monoisotopic (exact) mass is 170 g/mol. The molecule has 66 valence electrons. The largest absolute Gasteiger partial charge is 0.494 e. The Balaban J connectivity index is 2.30. The van der Waals surface area contributed by atoms with Crippen molar-refractivity contribution in [3.05, 3.63) is 12.3 Å². The third kappa shape index (κ3) is 2.74. The van der Waals surface area contributed by atoms with Crippen molar-refractivity contribution in [1.82, 2.24) is 0 Å². The summed E-state index contributed by atoms with van der Waals surface area (Å²) in [7, 11) is 0. The zero-order chi connectivity index (χ0) is 8.97. The molecular weight excluding hydrogens is 160 g/mol. The molecule has 0 spiro atoms. The summed E-state index contributed by atoms with van der Waals surface area (Å²) in [6.07, 6.45) is 2.67. The third-order valence-electron chi connectivity index (χ3n) is 1.43. The van der Waals surface area contributed by atoms with Gasteiger partial charge < -0.3 is 9.47 Å². The first-order valence-electron chi connectivity index (χ1n) is 3.66. The number of rotatable bonds is 2. The van der Waals surface area contributed by atoms with Crippen molar-refractivity contribution in [2.24, 2.45) is 0 Å². The maximum absolute atomic E-state index is 10.8. The molecule has 0 bridgehead atoms. The first-order valence-corrected chi connectivity index (χ1v) is 3.66. The van der Waals surface area contributed by atoms with E-state index in [0.717, 1.165) is 0 Å². The van der Waals surface area contributed by atoms with E-state index >= 15 is 0 Å². The number of carbonyl (C=O) groups is 2. The van der Waals surface area contributed by atoms with Crippen LogP contribution < -0.4 is 0 Å². The summed E-state index contributed by atoms with van der Waals surface area (Å²) < 4.78 is 9.70. The summed E-state index contributed by atoms with van der Waals surface area (Å²) in [6, 6.07) is 0. The topological polar surface area (TPSA) is 52.6 Å². The molecule has 0 aromatic carbocycles. The first-order chi connectivity index (χ1) is 5.68. The van der Waals surface area contributed by atoms with E-state index in [9.17, 15) is 9.59 Å². The fourth-order valence-electron chi connectivity index (χ4n) is 0.875. The smallest absolute Gasteiger partial charge is 0.302 e. The second-order valence-electron chi connectivity index (χ2n) is 2.53. The molecule has 0 aliphatic carbocycles. The van der Waals surface area contributed by atoms with Gasteiger partial charge >= 0.3 is 5.97 Å². The molecule has 4 heteroatoms. The van der Waals surface area contributed by atoms with Gasteiger partial charge in [-0.1, -0.05) is 0 Å². The number of allylic oxidation sites excluding steroid dienone is 1. The van der Waals surface area contributed by atoms with Gasteiger partial charge in [-0.05, 0) is 0 Å². The summed E-state index contributed by atoms with van der Waals surface area (Å²) in [5, 5.41) is 0. The minimum Gasteiger partial charge on any atom is -0.494 e. The predicted octanol–water partition coefficient (Wildman–Crippen LogP) is 0.421. The van der Waals surface area contributed by atoms with E-state index in [0.29, 0.717) is 0 Å². The Morgan fingerprint density at radius 2 is 2.58 bits per heavy atom. The number of hydrogen-bond acceptors (Lipinski definition) is 4. The van der Waals surface area contributed by atoms with Gasteiger partial charge in [0.1, 0.15) is 12.7 Å². The van der Waals surface area contributed by atoms with Crippen LogP contribution in [0.3, 0.4) is 0 Å². The van der Waals surface area contributed by atoms with Gasteiger partial charge in [0, 0.05) is 13.0 Å². The number of ketones is 1. The van der Waals surface area contributed by atoms with E-state index in [1.165, 1.54) is 19.3 Å². The quantitative estimate of drug-likeness (QED) is 0.563. The maximum atomic E-state index is 10.8. The van der Waals surface area contributed by atoms with E-state index in [2.05, 4.69) is 4.74 Å². The molecule has 1 atom stereocenters. The van der Waals surface area contributed by atoms with Crippen molar-refractivity contribution in [2.45, 2.75) is 19.4 Å². The summed E-state index contributed by atoms with van der Waals surface area (Å²) in [5.41, 5.74) is 0. The first kappa shape index (κ1) is 8.77. The third-order valence-corrected chi connectivity index (χ3v) is 1.43. The second kappa shape index (κ2) is 3.90. The Kier molecular flexibility index (Phi) is 2.85. The van der Waals surface area contributed by atoms with E-state index < -0.39 is 0 Å². The highest BCUT2D eigenvalue weighted by Crippen LogP contribution is 2.07. The SMILES string of the molecule is CC(=O)OC[C@@H]1CC(=O)C=CO1. The van der Waals surface area contributed by atoms with Gasteiger partial charge in [0.2, 0.25) is 0 Å². The van der Waals surface area contributed by atoms with Crippen LogP contribution in [0, 0.1) is 0 Å². The predicted molar refractivity (Wildman–Crippen MR) is 40.3 cm³/mol. The summed E-state index contributed by atoms with van der Waals surface area (Å²) in [5.74, 6) is -0.362. The number of esters is 1. The molecule has 12 heavy (non-hydrogen) atoms. The van der Waals surface area contributed by atoms with Crippen molar-refractivity contribution < 1.29 is 19.1 Å². The lowest BCUT2D eigenvalue weighted by atomic mass is 10.1. The molecule has 4 nitrogen and oxygen atoms in total. The average molecular weight is 170 g/mol. The standard InChI is InChI=1S/C8H10O4/c1-6(9)12-5-8-4-7(10)2-3-11-8/h2-3,8H,4-5H2,1H3/t8-/m0/s1. The lowest BCUT2D eigenvalue weighted by molar-refractivity contribution is -0.145. The molecule has 0 unspecified atom stereocenters. The molecule has 1 heterocycles. The van der Waals surface area contributed by atoms with Crippen LogP contribution in [0.25, 0.3) is 0 Å². The lowest BCUT2D eigenvalue weighted by Crippen LogP contribution is -2.24. The molecule has 1 aliphatic heterocycles. The van der Waals surface area contributed by atoms with Gasteiger partial charge in [-0.3, -0.25) is 9.59 Å². The van der Waals surface area contributed by atoms with Gasteiger partial charge in [-0.15, -0.1) is 0 Å². The second-order valence-corrected chi connectivity index (χ2v) is 2.53. The van der Waals surface area contributed by atoms with Crippen LogP contribution in [0.5, 0.6) is 0 Å². The Hall–Kier alpha value is -1.32. The van der Waals surface area contributed by atoms with Gasteiger partial charge in [-0.25, -0.2) is 0 Å². The van der Waals surface area contributed by atoms with Crippen molar-refractivity contribution >= 4 is 11.8 Å². The Morgan fingerprint density at radius 1 is 1.83 bits per heavy atom. The maximum Gasteiger partial charge on any atom is 0.302 e. The summed E-state index contributed by atoms with van der Waals surface area (Å²) in [6.45, 7) is 1.46. The summed E-state index contributed by atoms with van der Waals surface area (Å²) >= 11 is 0. The van der Waals surface area contributed by atoms with Gasteiger partial charge in [-0.2, -0.15) is 0 Å². The highest BCUT2D eigenvalue weighted by atomic mass is 16.6. The number of ether oxygens (including phenoxy) is 2. The van der Waals surface area contributed by atoms with E-state index in [1.54, 1.807) is 0 Å². The molecule has 1 rings (SSSR count). The van der Waals surface area contributed by atoms with Crippen LogP contribution in [0.4, 0.5) is 0 Å². The molecular formula is C8H10O4. The minimum atomic E-state index is -0.361. The van der Waals surface area contributed by atoms with Gasteiger partial charge in [0.25, 0.3) is 0 Å². The van der Waals surface area contributed by atoms with E-state index in [1.807, 2.05) is 0 Å². The van der Waals surface area contributed by atoms with Crippen LogP contribution >= 0.6 is 0 Å². The Morgan fingerprint density at radius 3 is 3.17 bits per heavy atom. The van der Waals surface area contributed by atoms with Crippen molar-refractivity contribution in [2.75, 3.05) is 6.61 Å². The van der Waals surface area contributed by atoms with Crippen LogP contribution in [0.2, 0.25) is 0 Å². The minimum absolute atomic E-state index is 0.00148. The zero-order valence-corrected chi connectivity index (χ0v) is 6.78. The molecule has 0 N–H and O–H groups in total. The normalized spacial score (nSPS) is 21.8. The summed E-state index contributed by atoms with van der Waals surface area (Å²) in [4.78, 5) is 21.2.